The van der Waals surface area contributed by atoms with Crippen molar-refractivity contribution in [3.05, 3.63) is 28.2 Å². The minimum absolute atomic E-state index is 0.286. The van der Waals surface area contributed by atoms with Gasteiger partial charge in [-0.25, -0.2) is 0 Å². The molecule has 0 fully saturated rings. The number of halogens is 1. The van der Waals surface area contributed by atoms with Gasteiger partial charge in [0.05, 0.1) is 0 Å². The summed E-state index contributed by atoms with van der Waals surface area (Å²) in [7, 11) is 2.18. The van der Waals surface area contributed by atoms with Crippen molar-refractivity contribution in [3.8, 4) is 0 Å². The highest BCUT2D eigenvalue weighted by molar-refractivity contribution is 9.10. The molecule has 0 aliphatic carbocycles. The van der Waals surface area contributed by atoms with Crippen molar-refractivity contribution in [2.45, 2.75) is 47.1 Å². The van der Waals surface area contributed by atoms with Crippen LogP contribution in [0, 0.1) is 5.41 Å². The second kappa shape index (κ2) is 7.46. The molecule has 20 heavy (non-hydrogen) atoms. The van der Waals surface area contributed by atoms with E-state index < -0.39 is 0 Å². The second-order valence-corrected chi connectivity index (χ2v) is 7.71. The molecular formula is C17H29BrN2. The van der Waals surface area contributed by atoms with Gasteiger partial charge in [-0.2, -0.15) is 0 Å². The zero-order valence-corrected chi connectivity index (χ0v) is 15.3. The van der Waals surface area contributed by atoms with Gasteiger partial charge in [-0.05, 0) is 43.0 Å². The van der Waals surface area contributed by atoms with E-state index in [0.29, 0.717) is 6.04 Å². The van der Waals surface area contributed by atoms with E-state index in [1.165, 1.54) is 11.3 Å². The molecule has 1 N–H and O–H groups in total. The van der Waals surface area contributed by atoms with Gasteiger partial charge >= 0.3 is 0 Å². The van der Waals surface area contributed by atoms with E-state index in [-0.39, 0.29) is 5.41 Å². The van der Waals surface area contributed by atoms with E-state index in [0.717, 1.165) is 24.0 Å². The fourth-order valence-corrected chi connectivity index (χ4v) is 2.83. The summed E-state index contributed by atoms with van der Waals surface area (Å²) in [4.78, 5) is 2.37. The third-order valence-electron chi connectivity index (χ3n) is 3.28. The van der Waals surface area contributed by atoms with Crippen molar-refractivity contribution in [2.75, 3.05) is 25.0 Å². The zero-order valence-electron chi connectivity index (χ0n) is 13.8. The summed E-state index contributed by atoms with van der Waals surface area (Å²) in [6.07, 6.45) is 1.16. The normalized spacial score (nSPS) is 13.3. The summed E-state index contributed by atoms with van der Waals surface area (Å²) in [5, 5.41) is 3.58. The van der Waals surface area contributed by atoms with Crippen LogP contribution in [0.1, 0.15) is 52.6 Å². The summed E-state index contributed by atoms with van der Waals surface area (Å²) in [5.41, 5.74) is 2.97. The van der Waals surface area contributed by atoms with E-state index in [4.69, 9.17) is 0 Å². The molecule has 1 rings (SSSR count). The summed E-state index contributed by atoms with van der Waals surface area (Å²) < 4.78 is 1.14. The molecule has 0 aliphatic rings. The molecule has 0 saturated heterocycles. The van der Waals surface area contributed by atoms with Crippen molar-refractivity contribution in [3.63, 3.8) is 0 Å². The first-order valence-corrected chi connectivity index (χ1v) is 8.28. The third-order valence-corrected chi connectivity index (χ3v) is 3.78. The molecular weight excluding hydrogens is 312 g/mol. The fraction of sp³-hybridized carbons (Fsp3) is 0.647. The van der Waals surface area contributed by atoms with Crippen LogP contribution in [0.5, 0.6) is 0 Å². The summed E-state index contributed by atoms with van der Waals surface area (Å²) in [6.45, 7) is 13.4. The van der Waals surface area contributed by atoms with Gasteiger partial charge in [0.15, 0.2) is 0 Å². The SMILES string of the molecule is CCCNC(C)c1ccc(Br)cc1N(C)CC(C)(C)C. The molecule has 2 nitrogen and oxygen atoms in total. The van der Waals surface area contributed by atoms with Crippen molar-refractivity contribution < 1.29 is 0 Å². The van der Waals surface area contributed by atoms with E-state index in [1.54, 1.807) is 0 Å². The number of nitrogens with one attached hydrogen (secondary N) is 1. The van der Waals surface area contributed by atoms with E-state index in [2.05, 4.69) is 86.0 Å². The van der Waals surface area contributed by atoms with Crippen LogP contribution in [0.4, 0.5) is 5.69 Å². The molecule has 1 aromatic rings. The Morgan fingerprint density at radius 1 is 1.30 bits per heavy atom. The number of hydrogen-bond donors (Lipinski definition) is 1. The largest absolute Gasteiger partial charge is 0.374 e. The highest BCUT2D eigenvalue weighted by Gasteiger charge is 2.18. The number of rotatable bonds is 6. The van der Waals surface area contributed by atoms with Crippen LogP contribution in [0.25, 0.3) is 0 Å². The first-order valence-electron chi connectivity index (χ1n) is 7.48. The smallest absolute Gasteiger partial charge is 0.0423 e. The Hall–Kier alpha value is -0.540. The quantitative estimate of drug-likeness (QED) is 0.784. The van der Waals surface area contributed by atoms with Crippen LogP contribution in [0.3, 0.4) is 0 Å². The lowest BCUT2D eigenvalue weighted by atomic mass is 9.95. The molecule has 0 aromatic heterocycles. The second-order valence-electron chi connectivity index (χ2n) is 6.80. The van der Waals surface area contributed by atoms with Crippen molar-refractivity contribution in [2.24, 2.45) is 5.41 Å². The van der Waals surface area contributed by atoms with Crippen molar-refractivity contribution in [1.29, 1.82) is 0 Å². The number of anilines is 1. The monoisotopic (exact) mass is 340 g/mol. The Morgan fingerprint density at radius 2 is 1.95 bits per heavy atom. The lowest BCUT2D eigenvalue weighted by Crippen LogP contribution is -2.31. The van der Waals surface area contributed by atoms with E-state index >= 15 is 0 Å². The van der Waals surface area contributed by atoms with Gasteiger partial charge in [0.2, 0.25) is 0 Å². The number of benzene rings is 1. The maximum atomic E-state index is 3.60. The summed E-state index contributed by atoms with van der Waals surface area (Å²) in [6, 6.07) is 6.96. The summed E-state index contributed by atoms with van der Waals surface area (Å²) in [5.74, 6) is 0. The molecule has 0 saturated carbocycles. The molecule has 0 bridgehead atoms. The van der Waals surface area contributed by atoms with Crippen LogP contribution in [0.15, 0.2) is 22.7 Å². The first-order chi connectivity index (χ1) is 9.24. The zero-order chi connectivity index (χ0) is 15.3. The minimum atomic E-state index is 0.286. The van der Waals surface area contributed by atoms with Crippen LogP contribution in [-0.2, 0) is 0 Å². The molecule has 0 aliphatic heterocycles. The van der Waals surface area contributed by atoms with Gasteiger partial charge in [0.1, 0.15) is 0 Å². The Balaban J connectivity index is 3.00. The fourth-order valence-electron chi connectivity index (χ4n) is 2.48. The predicted molar refractivity (Wildman–Crippen MR) is 93.6 cm³/mol. The Morgan fingerprint density at radius 3 is 2.50 bits per heavy atom. The van der Waals surface area contributed by atoms with E-state index in [1.807, 2.05) is 0 Å². The molecule has 0 heterocycles. The third kappa shape index (κ3) is 5.45. The molecule has 0 radical (unpaired) electrons. The molecule has 1 unspecified atom stereocenters. The van der Waals surface area contributed by atoms with Gasteiger partial charge in [-0.1, -0.05) is 49.7 Å². The van der Waals surface area contributed by atoms with Crippen LogP contribution < -0.4 is 10.2 Å². The van der Waals surface area contributed by atoms with Gasteiger partial charge in [0, 0.05) is 29.8 Å². The average Bonchev–Trinajstić information content (AvgIpc) is 2.33. The Labute approximate surface area is 133 Å². The lowest BCUT2D eigenvalue weighted by molar-refractivity contribution is 0.418. The maximum Gasteiger partial charge on any atom is 0.0423 e. The van der Waals surface area contributed by atoms with Crippen LogP contribution >= 0.6 is 15.9 Å². The van der Waals surface area contributed by atoms with Crippen molar-refractivity contribution in [1.82, 2.24) is 5.32 Å². The molecule has 1 aromatic carbocycles. The molecule has 0 spiro atoms. The highest BCUT2D eigenvalue weighted by Crippen LogP contribution is 2.31. The Bertz CT molecular complexity index is 423. The predicted octanol–water partition coefficient (Wildman–Crippen LogP) is 4.99. The van der Waals surface area contributed by atoms with Crippen LogP contribution in [0.2, 0.25) is 0 Å². The first kappa shape index (κ1) is 17.5. The number of hydrogen-bond acceptors (Lipinski definition) is 2. The summed E-state index contributed by atoms with van der Waals surface area (Å²) >= 11 is 3.60. The van der Waals surface area contributed by atoms with Crippen LogP contribution in [-0.4, -0.2) is 20.1 Å². The molecule has 114 valence electrons. The maximum absolute atomic E-state index is 3.60. The lowest BCUT2D eigenvalue weighted by Gasteiger charge is -2.31. The molecule has 1 atom stereocenters. The standard InChI is InChI=1S/C17H29BrN2/c1-7-10-19-13(2)15-9-8-14(18)11-16(15)20(6)12-17(3,4)5/h8-9,11,13,19H,7,10,12H2,1-6H3. The van der Waals surface area contributed by atoms with Gasteiger partial charge in [-0.15, -0.1) is 0 Å². The van der Waals surface area contributed by atoms with Gasteiger partial charge < -0.3 is 10.2 Å². The average molecular weight is 341 g/mol. The number of nitrogens with zero attached hydrogens (tertiary/aromatic N) is 1. The topological polar surface area (TPSA) is 15.3 Å². The van der Waals surface area contributed by atoms with Gasteiger partial charge in [-0.3, -0.25) is 0 Å². The molecule has 0 amide bonds. The van der Waals surface area contributed by atoms with E-state index in [9.17, 15) is 0 Å². The van der Waals surface area contributed by atoms with Crippen molar-refractivity contribution >= 4 is 21.6 Å². The van der Waals surface area contributed by atoms with Gasteiger partial charge in [0.25, 0.3) is 0 Å². The highest BCUT2D eigenvalue weighted by atomic mass is 79.9. The Kier molecular flexibility index (Phi) is 6.53. The minimum Gasteiger partial charge on any atom is -0.374 e. The molecule has 3 heteroatoms.